The largest absolute Gasteiger partial charge is 0.452 e. The lowest BCUT2D eigenvalue weighted by Gasteiger charge is -2.41. The Balaban J connectivity index is 1.24. The summed E-state index contributed by atoms with van der Waals surface area (Å²) < 4.78 is 7.01. The van der Waals surface area contributed by atoms with Crippen molar-refractivity contribution in [3.05, 3.63) is 39.9 Å². The molecule has 7 heteroatoms. The van der Waals surface area contributed by atoms with Gasteiger partial charge in [0.05, 0.1) is 16.5 Å². The second kappa shape index (κ2) is 7.85. The van der Waals surface area contributed by atoms with Gasteiger partial charge in [0.1, 0.15) is 5.82 Å². The summed E-state index contributed by atoms with van der Waals surface area (Å²) in [4.78, 5) is 44.1. The minimum absolute atomic E-state index is 0.0614. The summed E-state index contributed by atoms with van der Waals surface area (Å²) in [7, 11) is 0. The first kappa shape index (κ1) is 19.3. The van der Waals surface area contributed by atoms with Crippen molar-refractivity contribution in [1.82, 2.24) is 14.5 Å². The lowest BCUT2D eigenvalue weighted by Crippen LogP contribution is -2.46. The molecule has 1 aromatic heterocycles. The Morgan fingerprint density at radius 2 is 1.90 bits per heavy atom. The highest BCUT2D eigenvalue weighted by Crippen LogP contribution is 2.36. The SMILES string of the molecule is O=C(OCC(=O)N1CC[C@@H]2CCCC[C@@H]2C1)c1ccc2c(=O)n3c(nc2c1)CCC3. The lowest BCUT2D eigenvalue weighted by molar-refractivity contribution is -0.137. The van der Waals surface area contributed by atoms with Gasteiger partial charge in [0.2, 0.25) is 0 Å². The molecular weight excluding hydrogens is 382 g/mol. The Bertz CT molecular complexity index is 1060. The van der Waals surface area contributed by atoms with Gasteiger partial charge < -0.3 is 9.64 Å². The van der Waals surface area contributed by atoms with Crippen LogP contribution in [0.2, 0.25) is 0 Å². The van der Waals surface area contributed by atoms with Crippen molar-refractivity contribution >= 4 is 22.8 Å². The minimum atomic E-state index is -0.555. The number of esters is 1. The van der Waals surface area contributed by atoms with Gasteiger partial charge in [0.25, 0.3) is 11.5 Å². The van der Waals surface area contributed by atoms with E-state index in [1.54, 1.807) is 22.8 Å². The summed E-state index contributed by atoms with van der Waals surface area (Å²) >= 11 is 0. The summed E-state index contributed by atoms with van der Waals surface area (Å²) in [6.07, 6.45) is 7.77. The molecule has 0 bridgehead atoms. The number of ether oxygens (including phenoxy) is 1. The molecule has 5 rings (SSSR count). The molecule has 0 radical (unpaired) electrons. The zero-order valence-corrected chi connectivity index (χ0v) is 17.1. The number of rotatable bonds is 3. The first-order valence-corrected chi connectivity index (χ1v) is 11.1. The highest BCUT2D eigenvalue weighted by molar-refractivity contribution is 5.95. The van der Waals surface area contributed by atoms with E-state index in [0.717, 1.165) is 44.1 Å². The quantitative estimate of drug-likeness (QED) is 0.728. The van der Waals surface area contributed by atoms with E-state index in [2.05, 4.69) is 4.98 Å². The molecule has 2 aliphatic heterocycles. The van der Waals surface area contributed by atoms with Crippen LogP contribution in [0.25, 0.3) is 10.9 Å². The van der Waals surface area contributed by atoms with Crippen LogP contribution in [0.3, 0.4) is 0 Å². The average Bonchev–Trinajstić information content (AvgIpc) is 3.25. The topological polar surface area (TPSA) is 81.5 Å². The number of aromatic nitrogens is 2. The summed E-state index contributed by atoms with van der Waals surface area (Å²) in [5.41, 5.74) is 0.762. The fourth-order valence-corrected chi connectivity index (χ4v) is 5.34. The zero-order chi connectivity index (χ0) is 20.7. The molecule has 1 aromatic carbocycles. The number of carbonyl (C=O) groups excluding carboxylic acids is 2. The Morgan fingerprint density at radius 1 is 1.07 bits per heavy atom. The number of amides is 1. The van der Waals surface area contributed by atoms with Gasteiger partial charge in [-0.25, -0.2) is 9.78 Å². The molecule has 158 valence electrons. The summed E-state index contributed by atoms with van der Waals surface area (Å²) in [5, 5.41) is 0.503. The van der Waals surface area contributed by atoms with Crippen molar-refractivity contribution in [3.63, 3.8) is 0 Å². The maximum atomic E-state index is 12.6. The van der Waals surface area contributed by atoms with Crippen LogP contribution in [-0.2, 0) is 22.5 Å². The maximum absolute atomic E-state index is 12.6. The Labute approximate surface area is 175 Å². The Morgan fingerprint density at radius 3 is 2.77 bits per heavy atom. The molecule has 3 aliphatic rings. The van der Waals surface area contributed by atoms with Gasteiger partial charge in [-0.2, -0.15) is 0 Å². The van der Waals surface area contributed by atoms with Crippen LogP contribution in [0.1, 0.15) is 54.7 Å². The molecule has 1 amide bonds. The smallest absolute Gasteiger partial charge is 0.338 e. The van der Waals surface area contributed by atoms with Crippen LogP contribution in [0.15, 0.2) is 23.0 Å². The normalized spacial score (nSPS) is 23.1. The van der Waals surface area contributed by atoms with Crippen molar-refractivity contribution < 1.29 is 14.3 Å². The van der Waals surface area contributed by atoms with Gasteiger partial charge in [-0.15, -0.1) is 0 Å². The van der Waals surface area contributed by atoms with E-state index in [-0.39, 0.29) is 18.1 Å². The van der Waals surface area contributed by atoms with Gasteiger partial charge in [-0.3, -0.25) is 14.2 Å². The number of hydrogen-bond donors (Lipinski definition) is 0. The predicted molar refractivity (Wildman–Crippen MR) is 111 cm³/mol. The molecule has 0 N–H and O–H groups in total. The Kier molecular flexibility index (Phi) is 5.05. The number of piperidine rings is 1. The molecule has 1 saturated carbocycles. The number of nitrogens with zero attached hydrogens (tertiary/aromatic N) is 3. The third kappa shape index (κ3) is 3.50. The van der Waals surface area contributed by atoms with Crippen molar-refractivity contribution in [3.8, 4) is 0 Å². The zero-order valence-electron chi connectivity index (χ0n) is 17.1. The minimum Gasteiger partial charge on any atom is -0.452 e. The monoisotopic (exact) mass is 409 g/mol. The summed E-state index contributed by atoms with van der Waals surface area (Å²) in [5.74, 6) is 1.43. The molecule has 3 heterocycles. The molecule has 0 spiro atoms. The van der Waals surface area contributed by atoms with E-state index >= 15 is 0 Å². The summed E-state index contributed by atoms with van der Waals surface area (Å²) in [6, 6.07) is 4.80. The van der Waals surface area contributed by atoms with Crippen molar-refractivity contribution in [2.24, 2.45) is 11.8 Å². The highest BCUT2D eigenvalue weighted by Gasteiger charge is 2.33. The number of fused-ring (bicyclic) bond motifs is 3. The van der Waals surface area contributed by atoms with Gasteiger partial charge in [0.15, 0.2) is 6.61 Å². The van der Waals surface area contributed by atoms with Crippen LogP contribution in [0.4, 0.5) is 0 Å². The fraction of sp³-hybridized carbons (Fsp3) is 0.565. The molecule has 0 unspecified atom stereocenters. The maximum Gasteiger partial charge on any atom is 0.338 e. The summed E-state index contributed by atoms with van der Waals surface area (Å²) in [6.45, 7) is 2.00. The number of benzene rings is 1. The first-order valence-electron chi connectivity index (χ1n) is 11.1. The van der Waals surface area contributed by atoms with Crippen molar-refractivity contribution in [2.75, 3.05) is 19.7 Å². The predicted octanol–water partition coefficient (Wildman–Crippen LogP) is 2.54. The number of aryl methyl sites for hydroxylation is 1. The van der Waals surface area contributed by atoms with E-state index in [1.165, 1.54) is 25.7 Å². The lowest BCUT2D eigenvalue weighted by atomic mass is 9.75. The van der Waals surface area contributed by atoms with E-state index in [1.807, 2.05) is 4.90 Å². The number of carbonyl (C=O) groups is 2. The first-order chi connectivity index (χ1) is 14.6. The molecule has 7 nitrogen and oxygen atoms in total. The van der Waals surface area contributed by atoms with Crippen LogP contribution >= 0.6 is 0 Å². The van der Waals surface area contributed by atoms with Crippen LogP contribution in [0, 0.1) is 11.8 Å². The molecule has 1 aliphatic carbocycles. The standard InChI is InChI=1S/C23H27N3O4/c27-21(25-11-9-15-4-1-2-5-17(15)13-25)14-30-23(29)16-7-8-18-19(12-16)24-20-6-3-10-26(20)22(18)28/h7-8,12,15,17H,1-6,9-11,13-14H2/t15-,17+/m0/s1. The Hall–Kier alpha value is -2.70. The highest BCUT2D eigenvalue weighted by atomic mass is 16.5. The molecule has 30 heavy (non-hydrogen) atoms. The molecule has 1 saturated heterocycles. The second-order valence-electron chi connectivity index (χ2n) is 8.83. The van der Waals surface area contributed by atoms with Crippen molar-refractivity contribution in [1.29, 1.82) is 0 Å². The molecule has 2 fully saturated rings. The van der Waals surface area contributed by atoms with E-state index in [9.17, 15) is 14.4 Å². The number of likely N-dealkylation sites (tertiary alicyclic amines) is 1. The van der Waals surface area contributed by atoms with Crippen LogP contribution in [-0.4, -0.2) is 46.0 Å². The number of hydrogen-bond acceptors (Lipinski definition) is 5. The third-order valence-corrected chi connectivity index (χ3v) is 7.02. The third-order valence-electron chi connectivity index (χ3n) is 7.02. The van der Waals surface area contributed by atoms with Gasteiger partial charge in [-0.05, 0) is 49.3 Å². The van der Waals surface area contributed by atoms with E-state index in [4.69, 9.17) is 4.74 Å². The van der Waals surface area contributed by atoms with Crippen molar-refractivity contribution in [2.45, 2.75) is 51.5 Å². The molecule has 2 aromatic rings. The van der Waals surface area contributed by atoms with E-state index < -0.39 is 5.97 Å². The molecular formula is C23H27N3O4. The average molecular weight is 409 g/mol. The second-order valence-corrected chi connectivity index (χ2v) is 8.83. The molecule has 2 atom stereocenters. The van der Waals surface area contributed by atoms with Gasteiger partial charge >= 0.3 is 5.97 Å². The van der Waals surface area contributed by atoms with Crippen LogP contribution < -0.4 is 5.56 Å². The van der Waals surface area contributed by atoms with Gasteiger partial charge in [-0.1, -0.05) is 19.3 Å². The fourth-order valence-electron chi connectivity index (χ4n) is 5.34. The van der Waals surface area contributed by atoms with Crippen LogP contribution in [0.5, 0.6) is 0 Å². The van der Waals surface area contributed by atoms with E-state index in [0.29, 0.717) is 28.9 Å². The van der Waals surface area contributed by atoms with Gasteiger partial charge in [0, 0.05) is 26.1 Å².